The summed E-state index contributed by atoms with van der Waals surface area (Å²) in [6.45, 7) is 0. The first kappa shape index (κ1) is 16.4. The Bertz CT molecular complexity index is 897. The Kier molecular flexibility index (Phi) is 5.17. The fraction of sp³-hybridized carbons (Fsp3) is 0. The van der Waals surface area contributed by atoms with E-state index < -0.39 is 0 Å². The number of allylic oxidation sites excluding steroid dienone is 1. The molecule has 3 heteroatoms. The fourth-order valence-electron chi connectivity index (χ4n) is 2.38. The Morgan fingerprint density at radius 1 is 0.760 bits per heavy atom. The first-order valence-electron chi connectivity index (χ1n) is 7.86. The molecule has 0 heterocycles. The van der Waals surface area contributed by atoms with Crippen LogP contribution in [0.25, 0.3) is 6.08 Å². The standard InChI is InChI=1S/C22H16O3/c23-16-19(22(24)18-9-3-1-4-10-18)14-17-8-7-13-21(15-17)25-20-11-5-2-6-12-20/h1-16H. The zero-order valence-corrected chi connectivity index (χ0v) is 13.5. The Hall–Kier alpha value is -3.46. The lowest BCUT2D eigenvalue weighted by molar-refractivity contribution is -0.104. The number of ketones is 1. The van der Waals surface area contributed by atoms with E-state index in [1.165, 1.54) is 0 Å². The SMILES string of the molecule is O=CC(=Cc1cccc(Oc2ccccc2)c1)C(=O)c1ccccc1. The highest BCUT2D eigenvalue weighted by molar-refractivity contribution is 6.22. The van der Waals surface area contributed by atoms with Crippen LogP contribution in [0.3, 0.4) is 0 Å². The van der Waals surface area contributed by atoms with E-state index >= 15 is 0 Å². The molecular weight excluding hydrogens is 312 g/mol. The number of ether oxygens (including phenoxy) is 1. The van der Waals surface area contributed by atoms with Crippen LogP contribution in [-0.4, -0.2) is 12.1 Å². The van der Waals surface area contributed by atoms with Crippen LogP contribution in [0.2, 0.25) is 0 Å². The molecule has 0 radical (unpaired) electrons. The van der Waals surface area contributed by atoms with Crippen molar-refractivity contribution in [3.05, 3.63) is 102 Å². The second-order valence-electron chi connectivity index (χ2n) is 5.40. The van der Waals surface area contributed by atoms with Gasteiger partial charge in [-0.05, 0) is 35.9 Å². The van der Waals surface area contributed by atoms with Gasteiger partial charge in [0.1, 0.15) is 11.5 Å². The van der Waals surface area contributed by atoms with Gasteiger partial charge in [0.25, 0.3) is 0 Å². The lowest BCUT2D eigenvalue weighted by Crippen LogP contribution is -2.04. The van der Waals surface area contributed by atoms with Gasteiger partial charge >= 0.3 is 0 Å². The highest BCUT2D eigenvalue weighted by Crippen LogP contribution is 2.23. The van der Waals surface area contributed by atoms with Gasteiger partial charge in [0.05, 0.1) is 5.57 Å². The number of hydrogen-bond donors (Lipinski definition) is 0. The van der Waals surface area contributed by atoms with E-state index in [1.807, 2.05) is 54.6 Å². The topological polar surface area (TPSA) is 43.4 Å². The number of benzene rings is 3. The number of carbonyl (C=O) groups is 2. The Labute approximate surface area is 146 Å². The molecule has 3 nitrogen and oxygen atoms in total. The largest absolute Gasteiger partial charge is 0.457 e. The van der Waals surface area contributed by atoms with Crippen molar-refractivity contribution in [2.75, 3.05) is 0 Å². The van der Waals surface area contributed by atoms with Gasteiger partial charge in [0.2, 0.25) is 0 Å². The van der Waals surface area contributed by atoms with Crippen molar-refractivity contribution in [2.45, 2.75) is 0 Å². The summed E-state index contributed by atoms with van der Waals surface area (Å²) < 4.78 is 5.78. The van der Waals surface area contributed by atoms with Gasteiger partial charge < -0.3 is 4.74 Å². The Morgan fingerprint density at radius 2 is 1.40 bits per heavy atom. The third kappa shape index (κ3) is 4.30. The Morgan fingerprint density at radius 3 is 2.08 bits per heavy atom. The van der Waals surface area contributed by atoms with E-state index in [0.29, 0.717) is 17.6 Å². The summed E-state index contributed by atoms with van der Waals surface area (Å²) in [5, 5.41) is 0. The van der Waals surface area contributed by atoms with Crippen LogP contribution in [0.5, 0.6) is 11.5 Å². The predicted octanol–water partition coefficient (Wildman–Crippen LogP) is 4.94. The minimum atomic E-state index is -0.301. The fourth-order valence-corrected chi connectivity index (χ4v) is 2.38. The molecule has 0 spiro atoms. The monoisotopic (exact) mass is 328 g/mol. The second kappa shape index (κ2) is 7.88. The molecule has 0 amide bonds. The van der Waals surface area contributed by atoms with E-state index in [2.05, 4.69) is 0 Å². The van der Waals surface area contributed by atoms with Gasteiger partial charge in [0, 0.05) is 5.56 Å². The normalized spacial score (nSPS) is 11.0. The van der Waals surface area contributed by atoms with E-state index in [-0.39, 0.29) is 11.4 Å². The van der Waals surface area contributed by atoms with E-state index in [1.54, 1.807) is 36.4 Å². The zero-order valence-electron chi connectivity index (χ0n) is 13.5. The zero-order chi connectivity index (χ0) is 17.5. The summed E-state index contributed by atoms with van der Waals surface area (Å²) in [7, 11) is 0. The number of carbonyl (C=O) groups excluding carboxylic acids is 2. The Balaban J connectivity index is 1.85. The van der Waals surface area contributed by atoms with E-state index in [9.17, 15) is 9.59 Å². The third-order valence-corrected chi connectivity index (χ3v) is 3.58. The first-order valence-corrected chi connectivity index (χ1v) is 7.86. The second-order valence-corrected chi connectivity index (χ2v) is 5.40. The highest BCUT2D eigenvalue weighted by Gasteiger charge is 2.11. The van der Waals surface area contributed by atoms with Crippen molar-refractivity contribution in [2.24, 2.45) is 0 Å². The number of rotatable bonds is 6. The van der Waals surface area contributed by atoms with Crippen LogP contribution >= 0.6 is 0 Å². The van der Waals surface area contributed by atoms with E-state index in [0.717, 1.165) is 11.3 Å². The predicted molar refractivity (Wildman–Crippen MR) is 97.8 cm³/mol. The van der Waals surface area contributed by atoms with Crippen molar-refractivity contribution in [3.8, 4) is 11.5 Å². The minimum Gasteiger partial charge on any atom is -0.457 e. The average molecular weight is 328 g/mol. The summed E-state index contributed by atoms with van der Waals surface area (Å²) in [5.41, 5.74) is 1.31. The van der Waals surface area contributed by atoms with Gasteiger partial charge in [-0.1, -0.05) is 60.7 Å². The van der Waals surface area contributed by atoms with Gasteiger partial charge in [-0.15, -0.1) is 0 Å². The number of aldehydes is 1. The molecule has 25 heavy (non-hydrogen) atoms. The molecular formula is C22H16O3. The summed E-state index contributed by atoms with van der Waals surface area (Å²) in [4.78, 5) is 23.8. The van der Waals surface area contributed by atoms with Crippen molar-refractivity contribution >= 4 is 18.1 Å². The maximum atomic E-state index is 12.4. The van der Waals surface area contributed by atoms with Crippen LogP contribution < -0.4 is 4.74 Å². The molecule has 0 unspecified atom stereocenters. The lowest BCUT2D eigenvalue weighted by atomic mass is 10.0. The summed E-state index contributed by atoms with van der Waals surface area (Å²) in [5.74, 6) is 1.06. The number of para-hydroxylation sites is 1. The van der Waals surface area contributed by atoms with Crippen LogP contribution in [0.4, 0.5) is 0 Å². The summed E-state index contributed by atoms with van der Waals surface area (Å²) in [6, 6.07) is 25.4. The molecule has 122 valence electrons. The smallest absolute Gasteiger partial charge is 0.196 e. The molecule has 3 aromatic rings. The third-order valence-electron chi connectivity index (χ3n) is 3.58. The summed E-state index contributed by atoms with van der Waals surface area (Å²) in [6.07, 6.45) is 2.15. The quantitative estimate of drug-likeness (QED) is 0.211. The maximum absolute atomic E-state index is 12.4. The van der Waals surface area contributed by atoms with Gasteiger partial charge in [-0.2, -0.15) is 0 Å². The first-order chi connectivity index (χ1) is 12.3. The number of hydrogen-bond acceptors (Lipinski definition) is 3. The van der Waals surface area contributed by atoms with Crippen LogP contribution in [0, 0.1) is 0 Å². The van der Waals surface area contributed by atoms with Crippen LogP contribution in [0.1, 0.15) is 15.9 Å². The molecule has 0 aliphatic heterocycles. The van der Waals surface area contributed by atoms with Gasteiger partial charge in [-0.25, -0.2) is 0 Å². The molecule has 0 bridgehead atoms. The average Bonchev–Trinajstić information content (AvgIpc) is 2.67. The van der Waals surface area contributed by atoms with Crippen molar-refractivity contribution < 1.29 is 14.3 Å². The molecule has 0 aliphatic rings. The molecule has 0 saturated carbocycles. The molecule has 0 N–H and O–H groups in total. The molecule has 0 aromatic heterocycles. The van der Waals surface area contributed by atoms with E-state index in [4.69, 9.17) is 4.74 Å². The lowest BCUT2D eigenvalue weighted by Gasteiger charge is -2.06. The highest BCUT2D eigenvalue weighted by atomic mass is 16.5. The minimum absolute atomic E-state index is 0.100. The maximum Gasteiger partial charge on any atom is 0.196 e. The van der Waals surface area contributed by atoms with Crippen molar-refractivity contribution in [1.29, 1.82) is 0 Å². The van der Waals surface area contributed by atoms with Crippen LogP contribution in [-0.2, 0) is 4.79 Å². The van der Waals surface area contributed by atoms with Gasteiger partial charge in [0.15, 0.2) is 12.1 Å². The van der Waals surface area contributed by atoms with Crippen LogP contribution in [0.15, 0.2) is 90.5 Å². The molecule has 0 saturated heterocycles. The molecule has 0 atom stereocenters. The molecule has 0 aliphatic carbocycles. The summed E-state index contributed by atoms with van der Waals surface area (Å²) >= 11 is 0. The molecule has 3 aromatic carbocycles. The molecule has 0 fully saturated rings. The van der Waals surface area contributed by atoms with Crippen molar-refractivity contribution in [1.82, 2.24) is 0 Å². The molecule has 3 rings (SSSR count). The van der Waals surface area contributed by atoms with Crippen molar-refractivity contribution in [3.63, 3.8) is 0 Å². The van der Waals surface area contributed by atoms with Gasteiger partial charge in [-0.3, -0.25) is 9.59 Å². The number of Topliss-reactive ketones (excluding diaryl/α,β-unsaturated/α-hetero) is 1.